The van der Waals surface area contributed by atoms with Gasteiger partial charge in [-0.15, -0.1) is 0 Å². The SMILES string of the molecule is CC(C)(C)Oc1nc(N2CCN(C3CC3)CC2)ccc1N. The van der Waals surface area contributed by atoms with Crippen LogP contribution in [0.25, 0.3) is 0 Å². The molecule has 1 aliphatic carbocycles. The third kappa shape index (κ3) is 3.59. The number of aromatic nitrogens is 1. The zero-order valence-corrected chi connectivity index (χ0v) is 13.3. The maximum atomic E-state index is 5.98. The molecule has 0 atom stereocenters. The lowest BCUT2D eigenvalue weighted by atomic mass is 10.2. The molecule has 0 amide bonds. The molecule has 1 aliphatic heterocycles. The number of hydrogen-bond donors (Lipinski definition) is 1. The Morgan fingerprint density at radius 3 is 2.38 bits per heavy atom. The van der Waals surface area contributed by atoms with Crippen LogP contribution in [-0.4, -0.2) is 47.7 Å². The molecule has 2 N–H and O–H groups in total. The first kappa shape index (κ1) is 14.4. The first-order valence-electron chi connectivity index (χ1n) is 7.87. The van der Waals surface area contributed by atoms with E-state index in [0.29, 0.717) is 11.6 Å². The van der Waals surface area contributed by atoms with Crippen molar-refractivity contribution in [3.8, 4) is 5.88 Å². The highest BCUT2D eigenvalue weighted by Gasteiger charge is 2.31. The lowest BCUT2D eigenvalue weighted by molar-refractivity contribution is 0.125. The fourth-order valence-corrected chi connectivity index (χ4v) is 2.75. The van der Waals surface area contributed by atoms with Gasteiger partial charge < -0.3 is 15.4 Å². The van der Waals surface area contributed by atoms with Crippen LogP contribution < -0.4 is 15.4 Å². The molecule has 2 heterocycles. The average molecular weight is 290 g/mol. The Morgan fingerprint density at radius 2 is 1.81 bits per heavy atom. The highest BCUT2D eigenvalue weighted by molar-refractivity contribution is 5.55. The van der Waals surface area contributed by atoms with Crippen LogP contribution in [0, 0.1) is 0 Å². The van der Waals surface area contributed by atoms with Crippen molar-refractivity contribution in [2.45, 2.75) is 45.3 Å². The van der Waals surface area contributed by atoms with Gasteiger partial charge >= 0.3 is 0 Å². The molecule has 3 rings (SSSR count). The van der Waals surface area contributed by atoms with Gasteiger partial charge in [0.15, 0.2) is 0 Å². The molecule has 5 nitrogen and oxygen atoms in total. The van der Waals surface area contributed by atoms with Crippen molar-refractivity contribution in [3.63, 3.8) is 0 Å². The number of anilines is 2. The first-order valence-corrected chi connectivity index (χ1v) is 7.87. The molecule has 116 valence electrons. The van der Waals surface area contributed by atoms with Gasteiger partial charge in [0.2, 0.25) is 5.88 Å². The maximum absolute atomic E-state index is 5.98. The molecule has 0 radical (unpaired) electrons. The van der Waals surface area contributed by atoms with E-state index in [9.17, 15) is 0 Å². The van der Waals surface area contributed by atoms with Gasteiger partial charge in [0.1, 0.15) is 11.4 Å². The van der Waals surface area contributed by atoms with E-state index >= 15 is 0 Å². The number of ether oxygens (including phenoxy) is 1. The van der Waals surface area contributed by atoms with Crippen LogP contribution in [0.5, 0.6) is 5.88 Å². The third-order valence-electron chi connectivity index (χ3n) is 3.98. The number of nitrogens with two attached hydrogens (primary N) is 1. The molecule has 5 heteroatoms. The van der Waals surface area contributed by atoms with Gasteiger partial charge in [0, 0.05) is 32.2 Å². The fourth-order valence-electron chi connectivity index (χ4n) is 2.75. The van der Waals surface area contributed by atoms with E-state index in [-0.39, 0.29) is 5.60 Å². The summed E-state index contributed by atoms with van der Waals surface area (Å²) in [5, 5.41) is 0. The third-order valence-corrected chi connectivity index (χ3v) is 3.98. The zero-order chi connectivity index (χ0) is 15.0. The summed E-state index contributed by atoms with van der Waals surface area (Å²) >= 11 is 0. The summed E-state index contributed by atoms with van der Waals surface area (Å²) in [5.41, 5.74) is 6.30. The lowest BCUT2D eigenvalue weighted by Gasteiger charge is -2.35. The molecular formula is C16H26N4O. The van der Waals surface area contributed by atoms with Crippen LogP contribution in [0.4, 0.5) is 11.5 Å². The summed E-state index contributed by atoms with van der Waals surface area (Å²) in [7, 11) is 0. The number of piperazine rings is 1. The summed E-state index contributed by atoms with van der Waals surface area (Å²) in [6.45, 7) is 10.3. The number of nitrogens with zero attached hydrogens (tertiary/aromatic N) is 3. The Hall–Kier alpha value is -1.49. The number of nitrogen functional groups attached to an aromatic ring is 1. The largest absolute Gasteiger partial charge is 0.470 e. The fraction of sp³-hybridized carbons (Fsp3) is 0.688. The number of rotatable bonds is 3. The summed E-state index contributed by atoms with van der Waals surface area (Å²) in [6, 6.07) is 4.75. The normalized spacial score (nSPS) is 20.6. The second-order valence-electron chi connectivity index (χ2n) is 7.03. The minimum absolute atomic E-state index is 0.287. The van der Waals surface area contributed by atoms with Crippen LogP contribution >= 0.6 is 0 Å². The van der Waals surface area contributed by atoms with E-state index in [1.165, 1.54) is 12.8 Å². The van der Waals surface area contributed by atoms with Crippen molar-refractivity contribution in [2.24, 2.45) is 0 Å². The quantitative estimate of drug-likeness (QED) is 0.924. The summed E-state index contributed by atoms with van der Waals surface area (Å²) in [4.78, 5) is 9.55. The maximum Gasteiger partial charge on any atom is 0.239 e. The molecule has 0 unspecified atom stereocenters. The minimum atomic E-state index is -0.287. The molecule has 1 saturated heterocycles. The Morgan fingerprint density at radius 1 is 1.14 bits per heavy atom. The smallest absolute Gasteiger partial charge is 0.239 e. The van der Waals surface area contributed by atoms with Gasteiger partial charge in [-0.1, -0.05) is 0 Å². The summed E-state index contributed by atoms with van der Waals surface area (Å²) in [6.07, 6.45) is 2.76. The van der Waals surface area contributed by atoms with Gasteiger partial charge in [-0.05, 0) is 45.7 Å². The van der Waals surface area contributed by atoms with E-state index in [1.807, 2.05) is 32.9 Å². The molecule has 1 saturated carbocycles. The van der Waals surface area contributed by atoms with Crippen molar-refractivity contribution < 1.29 is 4.74 Å². The minimum Gasteiger partial charge on any atom is -0.470 e. The van der Waals surface area contributed by atoms with Gasteiger partial charge in [0.05, 0.1) is 5.69 Å². The lowest BCUT2D eigenvalue weighted by Crippen LogP contribution is -2.47. The Balaban J connectivity index is 1.69. The Labute approximate surface area is 127 Å². The predicted octanol–water partition coefficient (Wildman–Crippen LogP) is 2.13. The van der Waals surface area contributed by atoms with Gasteiger partial charge in [-0.25, -0.2) is 0 Å². The Kier molecular flexibility index (Phi) is 3.69. The van der Waals surface area contributed by atoms with Crippen LogP contribution in [-0.2, 0) is 0 Å². The molecule has 0 bridgehead atoms. The molecule has 2 fully saturated rings. The summed E-state index contributed by atoms with van der Waals surface area (Å²) in [5.74, 6) is 1.52. The number of hydrogen-bond acceptors (Lipinski definition) is 5. The van der Waals surface area contributed by atoms with E-state index in [2.05, 4.69) is 14.8 Å². The molecule has 2 aliphatic rings. The van der Waals surface area contributed by atoms with Crippen molar-refractivity contribution >= 4 is 11.5 Å². The topological polar surface area (TPSA) is 54.6 Å². The average Bonchev–Trinajstić information content (AvgIpc) is 3.24. The van der Waals surface area contributed by atoms with Crippen molar-refractivity contribution in [3.05, 3.63) is 12.1 Å². The molecule has 21 heavy (non-hydrogen) atoms. The molecule has 0 spiro atoms. The second-order valence-corrected chi connectivity index (χ2v) is 7.03. The van der Waals surface area contributed by atoms with Crippen molar-refractivity contribution in [1.29, 1.82) is 0 Å². The molecular weight excluding hydrogens is 264 g/mol. The van der Waals surface area contributed by atoms with Crippen LogP contribution in [0.15, 0.2) is 12.1 Å². The standard InChI is InChI=1S/C16H26N4O/c1-16(2,3)21-15-13(17)6-7-14(18-15)20-10-8-19(9-11-20)12-4-5-12/h6-7,12H,4-5,8-11,17H2,1-3H3. The van der Waals surface area contributed by atoms with Gasteiger partial charge in [0.25, 0.3) is 0 Å². The van der Waals surface area contributed by atoms with Crippen LogP contribution in [0.2, 0.25) is 0 Å². The molecule has 1 aromatic rings. The summed E-state index contributed by atoms with van der Waals surface area (Å²) < 4.78 is 5.86. The van der Waals surface area contributed by atoms with E-state index < -0.39 is 0 Å². The van der Waals surface area contributed by atoms with Crippen molar-refractivity contribution in [1.82, 2.24) is 9.88 Å². The predicted molar refractivity (Wildman–Crippen MR) is 85.8 cm³/mol. The van der Waals surface area contributed by atoms with Gasteiger partial charge in [-0.3, -0.25) is 4.90 Å². The second kappa shape index (κ2) is 5.37. The Bertz CT molecular complexity index is 499. The molecule has 1 aromatic heterocycles. The van der Waals surface area contributed by atoms with Crippen LogP contribution in [0.3, 0.4) is 0 Å². The van der Waals surface area contributed by atoms with E-state index in [0.717, 1.165) is 38.0 Å². The number of pyridine rings is 1. The highest BCUT2D eigenvalue weighted by Crippen LogP contribution is 2.30. The van der Waals surface area contributed by atoms with E-state index in [4.69, 9.17) is 10.5 Å². The molecule has 0 aromatic carbocycles. The monoisotopic (exact) mass is 290 g/mol. The highest BCUT2D eigenvalue weighted by atomic mass is 16.5. The van der Waals surface area contributed by atoms with E-state index in [1.54, 1.807) is 0 Å². The zero-order valence-electron chi connectivity index (χ0n) is 13.3. The van der Waals surface area contributed by atoms with Crippen LogP contribution in [0.1, 0.15) is 33.6 Å². The van der Waals surface area contributed by atoms with Crippen molar-refractivity contribution in [2.75, 3.05) is 36.8 Å². The van der Waals surface area contributed by atoms with Gasteiger partial charge in [-0.2, -0.15) is 4.98 Å². The first-order chi connectivity index (χ1) is 9.92.